The lowest BCUT2D eigenvalue weighted by atomic mass is 9.99. The van der Waals surface area contributed by atoms with Gasteiger partial charge in [0, 0.05) is 35.7 Å². The number of hydrogen-bond donors (Lipinski definition) is 0. The molecule has 1 aliphatic heterocycles. The van der Waals surface area contributed by atoms with Crippen molar-refractivity contribution in [3.8, 4) is 0 Å². The maximum absolute atomic E-state index is 11.9. The maximum Gasteiger partial charge on any atom is 0.244 e. The molecular weight excluding hydrogens is 319 g/mol. The third-order valence-electron chi connectivity index (χ3n) is 2.94. The van der Waals surface area contributed by atoms with E-state index in [1.807, 2.05) is 27.5 Å². The van der Waals surface area contributed by atoms with E-state index in [4.69, 9.17) is 0 Å². The molecule has 1 fully saturated rings. The van der Waals surface area contributed by atoms with Crippen LogP contribution in [-0.4, -0.2) is 38.7 Å². The lowest BCUT2D eigenvalue weighted by Crippen LogP contribution is -2.39. The first-order valence-electron chi connectivity index (χ1n) is 5.48. The van der Waals surface area contributed by atoms with Gasteiger partial charge in [0.1, 0.15) is 12.9 Å². The summed E-state index contributed by atoms with van der Waals surface area (Å²) < 4.78 is 2.28. The molecule has 0 N–H and O–H groups in total. The number of carbonyl (C=O) groups is 1. The maximum atomic E-state index is 11.9. The van der Waals surface area contributed by atoms with E-state index < -0.39 is 0 Å². The summed E-state index contributed by atoms with van der Waals surface area (Å²) >= 11 is 2.04. The number of halogens is 1. The highest BCUT2D eigenvalue weighted by Gasteiger charge is 2.20. The van der Waals surface area contributed by atoms with Crippen molar-refractivity contribution in [1.82, 2.24) is 19.7 Å². The van der Waals surface area contributed by atoms with Crippen LogP contribution in [0.3, 0.4) is 0 Å². The molecule has 0 atom stereocenters. The van der Waals surface area contributed by atoms with E-state index in [0.29, 0.717) is 10.4 Å². The molecule has 1 amide bonds. The van der Waals surface area contributed by atoms with Crippen LogP contribution in [0, 0.1) is 9.75 Å². The number of piperidine rings is 1. The molecule has 0 aromatic carbocycles. The van der Waals surface area contributed by atoms with Gasteiger partial charge in [0.15, 0.2) is 0 Å². The van der Waals surface area contributed by atoms with Gasteiger partial charge in [0.05, 0.1) is 0 Å². The van der Waals surface area contributed by atoms with Crippen molar-refractivity contribution in [3.63, 3.8) is 0 Å². The summed E-state index contributed by atoms with van der Waals surface area (Å²) in [4.78, 5) is 17.8. The summed E-state index contributed by atoms with van der Waals surface area (Å²) in [5.41, 5.74) is 0. The molecule has 0 aliphatic carbocycles. The van der Waals surface area contributed by atoms with E-state index in [-0.39, 0.29) is 5.91 Å². The van der Waals surface area contributed by atoms with Crippen molar-refractivity contribution in [3.05, 3.63) is 10.2 Å². The van der Waals surface area contributed by atoms with Crippen LogP contribution in [-0.2, 0) is 11.3 Å². The van der Waals surface area contributed by atoms with Gasteiger partial charge in [-0.25, -0.2) is 9.67 Å². The van der Waals surface area contributed by atoms with E-state index in [9.17, 15) is 4.79 Å². The zero-order chi connectivity index (χ0) is 11.5. The first-order valence-corrected chi connectivity index (χ1v) is 6.56. The Bertz CT molecular complexity index is 371. The third kappa shape index (κ3) is 2.93. The summed E-state index contributed by atoms with van der Waals surface area (Å²) in [5.74, 6) is 0.893. The predicted molar refractivity (Wildman–Crippen MR) is 67.7 cm³/mol. The summed E-state index contributed by atoms with van der Waals surface area (Å²) in [6, 6.07) is 0. The highest BCUT2D eigenvalue weighted by atomic mass is 127. The Morgan fingerprint density at radius 1 is 1.56 bits per heavy atom. The number of aromatic nitrogens is 3. The van der Waals surface area contributed by atoms with Crippen molar-refractivity contribution < 1.29 is 4.79 Å². The average molecular weight is 334 g/mol. The van der Waals surface area contributed by atoms with E-state index in [1.165, 1.54) is 0 Å². The van der Waals surface area contributed by atoms with Crippen LogP contribution in [0.25, 0.3) is 0 Å². The minimum Gasteiger partial charge on any atom is -0.341 e. The van der Waals surface area contributed by atoms with Crippen molar-refractivity contribution >= 4 is 28.5 Å². The van der Waals surface area contributed by atoms with Crippen LogP contribution in [0.1, 0.15) is 19.8 Å². The fraction of sp³-hybridized carbons (Fsp3) is 0.700. The van der Waals surface area contributed by atoms with Crippen molar-refractivity contribution in [2.24, 2.45) is 5.92 Å². The molecule has 1 saturated heterocycles. The molecule has 1 aromatic rings. The first-order chi connectivity index (χ1) is 7.65. The van der Waals surface area contributed by atoms with Crippen LogP contribution in [0.5, 0.6) is 0 Å². The summed E-state index contributed by atoms with van der Waals surface area (Å²) in [6.07, 6.45) is 3.83. The number of carbonyl (C=O) groups excluding carboxylic acids is 1. The number of rotatable bonds is 2. The molecule has 88 valence electrons. The fourth-order valence-electron chi connectivity index (χ4n) is 1.84. The Morgan fingerprint density at radius 2 is 2.25 bits per heavy atom. The van der Waals surface area contributed by atoms with Crippen LogP contribution >= 0.6 is 22.6 Å². The van der Waals surface area contributed by atoms with E-state index in [0.717, 1.165) is 31.8 Å². The number of amides is 1. The lowest BCUT2D eigenvalue weighted by molar-refractivity contribution is -0.133. The predicted octanol–water partition coefficient (Wildman–Crippen LogP) is 1.14. The van der Waals surface area contributed by atoms with Crippen molar-refractivity contribution in [1.29, 1.82) is 0 Å². The largest absolute Gasteiger partial charge is 0.341 e. The SMILES string of the molecule is CC1CCN(C(=O)Cn2cnc(I)n2)CC1. The van der Waals surface area contributed by atoms with Gasteiger partial charge < -0.3 is 4.90 Å². The second-order valence-corrected chi connectivity index (χ2v) is 5.24. The molecule has 16 heavy (non-hydrogen) atoms. The Kier molecular flexibility index (Phi) is 3.78. The zero-order valence-electron chi connectivity index (χ0n) is 9.27. The molecule has 0 radical (unpaired) electrons. The minimum atomic E-state index is 0.146. The highest BCUT2D eigenvalue weighted by Crippen LogP contribution is 2.16. The number of likely N-dealkylation sites (tertiary alicyclic amines) is 1. The topological polar surface area (TPSA) is 51.0 Å². The molecular formula is C10H15IN4O. The van der Waals surface area contributed by atoms with Gasteiger partial charge in [-0.05, 0) is 18.8 Å². The lowest BCUT2D eigenvalue weighted by Gasteiger charge is -2.30. The molecule has 0 spiro atoms. The molecule has 1 aliphatic rings. The van der Waals surface area contributed by atoms with Gasteiger partial charge >= 0.3 is 0 Å². The Balaban J connectivity index is 1.88. The van der Waals surface area contributed by atoms with Gasteiger partial charge in [-0.2, -0.15) is 0 Å². The van der Waals surface area contributed by atoms with Gasteiger partial charge in [-0.1, -0.05) is 6.92 Å². The van der Waals surface area contributed by atoms with E-state index >= 15 is 0 Å². The molecule has 5 nitrogen and oxygen atoms in total. The van der Waals surface area contributed by atoms with Gasteiger partial charge in [-0.15, -0.1) is 5.10 Å². The monoisotopic (exact) mass is 334 g/mol. The quantitative estimate of drug-likeness (QED) is 0.763. The molecule has 2 rings (SSSR count). The molecule has 2 heterocycles. The second kappa shape index (κ2) is 5.11. The summed E-state index contributed by atoms with van der Waals surface area (Å²) in [6.45, 7) is 4.31. The van der Waals surface area contributed by atoms with Crippen LogP contribution in [0.15, 0.2) is 6.33 Å². The zero-order valence-corrected chi connectivity index (χ0v) is 11.4. The fourth-order valence-corrected chi connectivity index (χ4v) is 2.25. The van der Waals surface area contributed by atoms with Crippen LogP contribution in [0.2, 0.25) is 0 Å². The average Bonchev–Trinajstić information content (AvgIpc) is 2.65. The van der Waals surface area contributed by atoms with Crippen LogP contribution < -0.4 is 0 Å². The van der Waals surface area contributed by atoms with Crippen molar-refractivity contribution in [2.75, 3.05) is 13.1 Å². The number of nitrogens with zero attached hydrogens (tertiary/aromatic N) is 4. The van der Waals surface area contributed by atoms with Gasteiger partial charge in [0.2, 0.25) is 9.74 Å². The Morgan fingerprint density at radius 3 is 2.81 bits per heavy atom. The second-order valence-electron chi connectivity index (χ2n) is 4.27. The standard InChI is InChI=1S/C10H15IN4O/c1-8-2-4-14(5-3-8)9(16)6-15-7-12-10(11)13-15/h7-8H,2-6H2,1H3. The minimum absolute atomic E-state index is 0.146. The molecule has 6 heteroatoms. The first kappa shape index (κ1) is 11.8. The van der Waals surface area contributed by atoms with Crippen LogP contribution in [0.4, 0.5) is 0 Å². The third-order valence-corrected chi connectivity index (χ3v) is 3.44. The van der Waals surface area contributed by atoms with Crippen molar-refractivity contribution in [2.45, 2.75) is 26.3 Å². The summed E-state index contributed by atoms with van der Waals surface area (Å²) in [7, 11) is 0. The normalized spacial score (nSPS) is 17.8. The van der Waals surface area contributed by atoms with E-state index in [2.05, 4.69) is 17.0 Å². The number of hydrogen-bond acceptors (Lipinski definition) is 3. The highest BCUT2D eigenvalue weighted by molar-refractivity contribution is 14.1. The van der Waals surface area contributed by atoms with Gasteiger partial charge in [0.25, 0.3) is 0 Å². The van der Waals surface area contributed by atoms with Gasteiger partial charge in [-0.3, -0.25) is 4.79 Å². The smallest absolute Gasteiger partial charge is 0.244 e. The van der Waals surface area contributed by atoms with E-state index in [1.54, 1.807) is 11.0 Å². The Hall–Kier alpha value is -0.660. The summed E-state index contributed by atoms with van der Waals surface area (Å²) in [5, 5.41) is 4.11. The molecule has 1 aromatic heterocycles. The molecule has 0 saturated carbocycles. The Labute approximate surface area is 108 Å². The molecule has 0 bridgehead atoms. The molecule has 0 unspecified atom stereocenters.